The van der Waals surface area contributed by atoms with Crippen molar-refractivity contribution in [1.82, 2.24) is 4.57 Å². The molecule has 0 aliphatic carbocycles. The van der Waals surface area contributed by atoms with Gasteiger partial charge in [0, 0.05) is 13.3 Å². The van der Waals surface area contributed by atoms with Gasteiger partial charge in [-0.1, -0.05) is 12.1 Å². The summed E-state index contributed by atoms with van der Waals surface area (Å²) in [6, 6.07) is 7.82. The summed E-state index contributed by atoms with van der Waals surface area (Å²) in [6.07, 6.45) is 1.50. The maximum Gasteiger partial charge on any atom is 0.271 e. The molecule has 0 saturated heterocycles. The van der Waals surface area contributed by atoms with Crippen LogP contribution in [0.15, 0.2) is 28.0 Å². The van der Waals surface area contributed by atoms with Gasteiger partial charge in [-0.15, -0.1) is 0 Å². The predicted molar refractivity (Wildman–Crippen MR) is 96.9 cm³/mol. The molecule has 1 N–H and O–H groups in total. The second-order valence-electron chi connectivity index (χ2n) is 5.85. The van der Waals surface area contributed by atoms with Crippen molar-refractivity contribution in [2.45, 2.75) is 27.3 Å². The van der Waals surface area contributed by atoms with Crippen molar-refractivity contribution in [3.8, 4) is 11.9 Å². The van der Waals surface area contributed by atoms with Crippen LogP contribution in [0, 0.1) is 32.1 Å². The zero-order valence-corrected chi connectivity index (χ0v) is 14.8. The first-order valence-electron chi connectivity index (χ1n) is 7.87. The number of aryl methyl sites for hydroxylation is 2. The van der Waals surface area contributed by atoms with Gasteiger partial charge in [-0.25, -0.2) is 0 Å². The molecule has 1 aromatic heterocycles. The standard InChI is InChI=1S/C19H21N3O3/c1-12-5-6-13(2)17(9-12)21-11-16-14(3)15(10-20)18(23)22(19(16)24)7-8-25-4/h5-6,9,11,24H,7-8H2,1-4H3. The lowest BCUT2D eigenvalue weighted by atomic mass is 10.1. The van der Waals surface area contributed by atoms with Crippen LogP contribution in [-0.4, -0.2) is 29.6 Å². The molecule has 1 heterocycles. The SMILES string of the molecule is COCCn1c(O)c(C=Nc2cc(C)ccc2C)c(C)c(C#N)c1=O. The van der Waals surface area contributed by atoms with Crippen molar-refractivity contribution in [1.29, 1.82) is 5.26 Å². The average Bonchev–Trinajstić information content (AvgIpc) is 2.58. The Kier molecular flexibility index (Phi) is 5.73. The van der Waals surface area contributed by atoms with E-state index in [0.29, 0.717) is 11.1 Å². The molecule has 130 valence electrons. The first kappa shape index (κ1) is 18.4. The van der Waals surface area contributed by atoms with Crippen LogP contribution >= 0.6 is 0 Å². The van der Waals surface area contributed by atoms with Gasteiger partial charge in [0.1, 0.15) is 11.6 Å². The fourth-order valence-electron chi connectivity index (χ4n) is 2.51. The van der Waals surface area contributed by atoms with E-state index in [9.17, 15) is 15.2 Å². The number of hydrogen-bond acceptors (Lipinski definition) is 5. The number of rotatable bonds is 5. The number of aromatic nitrogens is 1. The molecule has 6 nitrogen and oxygen atoms in total. The molecule has 2 aromatic rings. The number of methoxy groups -OCH3 is 1. The van der Waals surface area contributed by atoms with Gasteiger partial charge in [-0.05, 0) is 43.5 Å². The Morgan fingerprint density at radius 3 is 2.72 bits per heavy atom. The Labute approximate surface area is 146 Å². The lowest BCUT2D eigenvalue weighted by Gasteiger charge is -2.13. The number of pyridine rings is 1. The Balaban J connectivity index is 2.60. The van der Waals surface area contributed by atoms with Gasteiger partial charge in [0.05, 0.1) is 24.4 Å². The Bertz CT molecular complexity index is 921. The number of ether oxygens (including phenoxy) is 1. The Hall–Kier alpha value is -2.91. The molecule has 0 radical (unpaired) electrons. The van der Waals surface area contributed by atoms with Crippen molar-refractivity contribution in [2.24, 2.45) is 4.99 Å². The molecule has 0 saturated carbocycles. The summed E-state index contributed by atoms with van der Waals surface area (Å²) in [7, 11) is 1.50. The summed E-state index contributed by atoms with van der Waals surface area (Å²) >= 11 is 0. The topological polar surface area (TPSA) is 87.6 Å². The molecule has 0 aliphatic rings. The molecule has 0 amide bonds. The number of hydrogen-bond donors (Lipinski definition) is 1. The van der Waals surface area contributed by atoms with E-state index in [2.05, 4.69) is 4.99 Å². The van der Waals surface area contributed by atoms with Gasteiger partial charge >= 0.3 is 0 Å². The van der Waals surface area contributed by atoms with Crippen LogP contribution in [0.4, 0.5) is 5.69 Å². The number of aromatic hydroxyl groups is 1. The van der Waals surface area contributed by atoms with Crippen LogP contribution < -0.4 is 5.56 Å². The Morgan fingerprint density at radius 1 is 1.36 bits per heavy atom. The van der Waals surface area contributed by atoms with Gasteiger partial charge < -0.3 is 9.84 Å². The first-order chi connectivity index (χ1) is 11.9. The van der Waals surface area contributed by atoms with Gasteiger partial charge in [-0.2, -0.15) is 5.26 Å². The molecule has 0 fully saturated rings. The van der Waals surface area contributed by atoms with E-state index < -0.39 is 5.56 Å². The molecule has 0 aliphatic heterocycles. The Morgan fingerprint density at radius 2 is 2.08 bits per heavy atom. The van der Waals surface area contributed by atoms with Crippen LogP contribution in [0.5, 0.6) is 5.88 Å². The minimum Gasteiger partial charge on any atom is -0.494 e. The monoisotopic (exact) mass is 339 g/mol. The third-order valence-electron chi connectivity index (χ3n) is 4.06. The highest BCUT2D eigenvalue weighted by Gasteiger charge is 2.17. The van der Waals surface area contributed by atoms with Gasteiger partial charge in [-0.3, -0.25) is 14.4 Å². The summed E-state index contributed by atoms with van der Waals surface area (Å²) < 4.78 is 6.11. The first-order valence-corrected chi connectivity index (χ1v) is 7.87. The van der Waals surface area contributed by atoms with Crippen LogP contribution in [0.3, 0.4) is 0 Å². The lowest BCUT2D eigenvalue weighted by molar-refractivity contribution is 0.182. The summed E-state index contributed by atoms with van der Waals surface area (Å²) in [5.74, 6) is -0.215. The minimum absolute atomic E-state index is 0.00341. The number of nitriles is 1. The normalized spacial score (nSPS) is 11.0. The molecule has 6 heteroatoms. The molecule has 25 heavy (non-hydrogen) atoms. The third kappa shape index (κ3) is 3.78. The third-order valence-corrected chi connectivity index (χ3v) is 4.06. The highest BCUT2D eigenvalue weighted by atomic mass is 16.5. The molecular weight excluding hydrogens is 318 g/mol. The number of nitrogens with zero attached hydrogens (tertiary/aromatic N) is 3. The van der Waals surface area contributed by atoms with Gasteiger partial charge in [0.15, 0.2) is 0 Å². The summed E-state index contributed by atoms with van der Waals surface area (Å²) in [4.78, 5) is 16.8. The van der Waals surface area contributed by atoms with Crippen molar-refractivity contribution in [2.75, 3.05) is 13.7 Å². The van der Waals surface area contributed by atoms with E-state index in [-0.39, 0.29) is 24.6 Å². The molecule has 1 aromatic carbocycles. The molecule has 0 unspecified atom stereocenters. The number of aliphatic imine (C=N–C) groups is 1. The summed E-state index contributed by atoms with van der Waals surface area (Å²) in [6.45, 7) is 5.94. The van der Waals surface area contributed by atoms with E-state index >= 15 is 0 Å². The largest absolute Gasteiger partial charge is 0.494 e. The molecule has 0 spiro atoms. The van der Waals surface area contributed by atoms with Crippen LogP contribution in [-0.2, 0) is 11.3 Å². The second kappa shape index (κ2) is 7.77. The molecular formula is C19H21N3O3. The van der Waals surface area contributed by atoms with Crippen LogP contribution in [0.2, 0.25) is 0 Å². The fourth-order valence-corrected chi connectivity index (χ4v) is 2.51. The van der Waals surface area contributed by atoms with E-state index in [1.54, 1.807) is 6.92 Å². The van der Waals surface area contributed by atoms with E-state index in [4.69, 9.17) is 4.74 Å². The van der Waals surface area contributed by atoms with Crippen molar-refractivity contribution < 1.29 is 9.84 Å². The van der Waals surface area contributed by atoms with E-state index in [0.717, 1.165) is 21.4 Å². The van der Waals surface area contributed by atoms with Crippen molar-refractivity contribution >= 4 is 11.9 Å². The lowest BCUT2D eigenvalue weighted by Crippen LogP contribution is -2.26. The highest BCUT2D eigenvalue weighted by molar-refractivity contribution is 5.87. The van der Waals surface area contributed by atoms with E-state index in [1.165, 1.54) is 13.3 Å². The molecule has 0 bridgehead atoms. The highest BCUT2D eigenvalue weighted by Crippen LogP contribution is 2.23. The smallest absolute Gasteiger partial charge is 0.271 e. The van der Waals surface area contributed by atoms with Crippen molar-refractivity contribution in [3.05, 3.63) is 56.4 Å². The average molecular weight is 339 g/mol. The predicted octanol–water partition coefficient (Wildman–Crippen LogP) is 2.75. The van der Waals surface area contributed by atoms with Gasteiger partial charge in [0.2, 0.25) is 5.88 Å². The molecule has 0 atom stereocenters. The zero-order chi connectivity index (χ0) is 18.6. The molecule has 2 rings (SSSR count). The van der Waals surface area contributed by atoms with Crippen LogP contribution in [0.1, 0.15) is 27.8 Å². The fraction of sp³-hybridized carbons (Fsp3) is 0.316. The zero-order valence-electron chi connectivity index (χ0n) is 14.8. The summed E-state index contributed by atoms with van der Waals surface area (Å²) in [5.41, 5.74) is 3.07. The second-order valence-corrected chi connectivity index (χ2v) is 5.85. The number of benzene rings is 1. The minimum atomic E-state index is -0.529. The maximum absolute atomic E-state index is 12.4. The summed E-state index contributed by atoms with van der Waals surface area (Å²) in [5, 5.41) is 19.8. The van der Waals surface area contributed by atoms with Crippen LogP contribution in [0.25, 0.3) is 0 Å². The van der Waals surface area contributed by atoms with E-state index in [1.807, 2.05) is 38.1 Å². The maximum atomic E-state index is 12.4. The van der Waals surface area contributed by atoms with Crippen molar-refractivity contribution in [3.63, 3.8) is 0 Å². The quantitative estimate of drug-likeness (QED) is 0.849. The van der Waals surface area contributed by atoms with Gasteiger partial charge in [0.25, 0.3) is 5.56 Å².